The number of aryl methyl sites for hydroxylation is 1. The molecular weight excluding hydrogens is 338 g/mol. The lowest BCUT2D eigenvalue weighted by atomic mass is 10.1. The number of rotatable bonds is 5. The number of amides is 1. The third-order valence-electron chi connectivity index (χ3n) is 4.87. The summed E-state index contributed by atoms with van der Waals surface area (Å²) in [5, 5.41) is 3.04. The van der Waals surface area contributed by atoms with E-state index < -0.39 is 0 Å². The van der Waals surface area contributed by atoms with Gasteiger partial charge in [-0.1, -0.05) is 30.3 Å². The minimum Gasteiger partial charge on any atom is -0.496 e. The number of hydrogen-bond donors (Lipinski definition) is 1. The molecule has 1 fully saturated rings. The Kier molecular flexibility index (Phi) is 4.59. The first-order chi connectivity index (χ1) is 13.2. The lowest BCUT2D eigenvalue weighted by Gasteiger charge is -2.09. The van der Waals surface area contributed by atoms with E-state index in [2.05, 4.69) is 15.3 Å². The van der Waals surface area contributed by atoms with Crippen molar-refractivity contribution in [2.75, 3.05) is 12.4 Å². The number of para-hydroxylation sites is 1. The van der Waals surface area contributed by atoms with Crippen LogP contribution in [0.2, 0.25) is 0 Å². The number of carbonyl (C=O) groups is 1. The number of hydrogen-bond acceptors (Lipinski definition) is 4. The lowest BCUT2D eigenvalue weighted by Crippen LogP contribution is -2.14. The molecule has 1 aliphatic carbocycles. The topological polar surface area (TPSA) is 64.1 Å². The third kappa shape index (κ3) is 3.67. The Bertz CT molecular complexity index is 987. The van der Waals surface area contributed by atoms with Gasteiger partial charge in [-0.15, -0.1) is 0 Å². The number of benzene rings is 2. The molecule has 0 bridgehead atoms. The Morgan fingerprint density at radius 1 is 1.15 bits per heavy atom. The van der Waals surface area contributed by atoms with Gasteiger partial charge in [-0.2, -0.15) is 0 Å². The normalized spacial score (nSPS) is 18.0. The SMILES string of the molecule is COc1ccccc1[C@H]1C[C@@H]1C(=O)Nc1cccc(-c2ccnc(C)n2)c1. The summed E-state index contributed by atoms with van der Waals surface area (Å²) in [4.78, 5) is 21.3. The number of nitrogens with zero attached hydrogens (tertiary/aromatic N) is 2. The van der Waals surface area contributed by atoms with E-state index in [1.165, 1.54) is 0 Å². The highest BCUT2D eigenvalue weighted by molar-refractivity contribution is 5.95. The summed E-state index contributed by atoms with van der Waals surface area (Å²) in [6.07, 6.45) is 2.59. The van der Waals surface area contributed by atoms with Crippen LogP contribution in [0.15, 0.2) is 60.8 Å². The summed E-state index contributed by atoms with van der Waals surface area (Å²) in [6.45, 7) is 1.86. The van der Waals surface area contributed by atoms with Gasteiger partial charge in [-0.05, 0) is 49.1 Å². The first kappa shape index (κ1) is 17.2. The Labute approximate surface area is 158 Å². The molecule has 1 amide bonds. The number of aromatic nitrogens is 2. The zero-order valence-electron chi connectivity index (χ0n) is 15.3. The van der Waals surface area contributed by atoms with Crippen LogP contribution in [0.3, 0.4) is 0 Å². The van der Waals surface area contributed by atoms with Crippen LogP contribution in [-0.2, 0) is 4.79 Å². The fraction of sp³-hybridized carbons (Fsp3) is 0.227. The van der Waals surface area contributed by atoms with Crippen LogP contribution in [0.25, 0.3) is 11.3 Å². The van der Waals surface area contributed by atoms with Gasteiger partial charge in [0.1, 0.15) is 11.6 Å². The van der Waals surface area contributed by atoms with E-state index in [-0.39, 0.29) is 17.7 Å². The molecule has 0 aliphatic heterocycles. The van der Waals surface area contributed by atoms with E-state index in [0.717, 1.165) is 40.5 Å². The van der Waals surface area contributed by atoms with Gasteiger partial charge >= 0.3 is 0 Å². The molecule has 1 aromatic heterocycles. The van der Waals surface area contributed by atoms with E-state index in [0.29, 0.717) is 0 Å². The van der Waals surface area contributed by atoms with Gasteiger partial charge in [0.2, 0.25) is 5.91 Å². The zero-order chi connectivity index (χ0) is 18.8. The van der Waals surface area contributed by atoms with Gasteiger partial charge in [0.15, 0.2) is 0 Å². The van der Waals surface area contributed by atoms with E-state index in [1.807, 2.05) is 61.5 Å². The molecule has 27 heavy (non-hydrogen) atoms. The van der Waals surface area contributed by atoms with Crippen molar-refractivity contribution in [2.45, 2.75) is 19.3 Å². The summed E-state index contributed by atoms with van der Waals surface area (Å²) >= 11 is 0. The molecule has 3 aromatic rings. The Balaban J connectivity index is 1.47. The van der Waals surface area contributed by atoms with Gasteiger partial charge in [0.05, 0.1) is 12.8 Å². The van der Waals surface area contributed by atoms with Crippen LogP contribution in [-0.4, -0.2) is 23.0 Å². The maximum atomic E-state index is 12.7. The predicted molar refractivity (Wildman–Crippen MR) is 105 cm³/mol. The molecule has 0 spiro atoms. The number of anilines is 1. The molecule has 0 unspecified atom stereocenters. The van der Waals surface area contributed by atoms with Crippen molar-refractivity contribution in [3.63, 3.8) is 0 Å². The number of methoxy groups -OCH3 is 1. The second kappa shape index (κ2) is 7.19. The maximum Gasteiger partial charge on any atom is 0.228 e. The first-order valence-corrected chi connectivity index (χ1v) is 8.99. The minimum atomic E-state index is -0.0220. The summed E-state index contributed by atoms with van der Waals surface area (Å²) in [5.74, 6) is 1.81. The molecule has 5 nitrogen and oxygen atoms in total. The van der Waals surface area contributed by atoms with Crippen molar-refractivity contribution in [1.29, 1.82) is 0 Å². The highest BCUT2D eigenvalue weighted by atomic mass is 16.5. The van der Waals surface area contributed by atoms with Gasteiger partial charge in [-0.25, -0.2) is 9.97 Å². The molecule has 1 heterocycles. The average Bonchev–Trinajstić information content (AvgIpc) is 3.49. The molecule has 1 N–H and O–H groups in total. The van der Waals surface area contributed by atoms with E-state index in [1.54, 1.807) is 13.3 Å². The highest BCUT2D eigenvalue weighted by Gasteiger charge is 2.45. The summed E-state index contributed by atoms with van der Waals surface area (Å²) in [6, 6.07) is 17.5. The average molecular weight is 359 g/mol. The first-order valence-electron chi connectivity index (χ1n) is 8.99. The molecule has 0 saturated heterocycles. The van der Waals surface area contributed by atoms with Crippen LogP contribution in [0.4, 0.5) is 5.69 Å². The quantitative estimate of drug-likeness (QED) is 0.741. The van der Waals surface area contributed by atoms with Gasteiger partial charge in [0.25, 0.3) is 0 Å². The van der Waals surface area contributed by atoms with Crippen molar-refractivity contribution in [2.24, 2.45) is 5.92 Å². The van der Waals surface area contributed by atoms with Crippen molar-refractivity contribution in [3.05, 3.63) is 72.2 Å². The van der Waals surface area contributed by atoms with Crippen LogP contribution in [0.5, 0.6) is 5.75 Å². The predicted octanol–water partition coefficient (Wildman–Crippen LogP) is 4.20. The number of nitrogens with one attached hydrogen (secondary N) is 1. The number of ether oxygens (including phenoxy) is 1. The van der Waals surface area contributed by atoms with Crippen molar-refractivity contribution in [3.8, 4) is 17.0 Å². The van der Waals surface area contributed by atoms with Gasteiger partial charge in [-0.3, -0.25) is 4.79 Å². The summed E-state index contributed by atoms with van der Waals surface area (Å²) < 4.78 is 5.42. The third-order valence-corrected chi connectivity index (χ3v) is 4.87. The Morgan fingerprint density at radius 3 is 2.81 bits per heavy atom. The Morgan fingerprint density at radius 2 is 2.00 bits per heavy atom. The number of carbonyl (C=O) groups excluding carboxylic acids is 1. The van der Waals surface area contributed by atoms with Crippen molar-refractivity contribution >= 4 is 11.6 Å². The molecule has 2 atom stereocenters. The smallest absolute Gasteiger partial charge is 0.228 e. The summed E-state index contributed by atoms with van der Waals surface area (Å²) in [5.41, 5.74) is 3.68. The molecule has 2 aromatic carbocycles. The standard InChI is InChI=1S/C22H21N3O2/c1-14-23-11-10-20(24-14)15-6-5-7-16(12-15)25-22(26)19-13-18(19)17-8-3-4-9-21(17)27-2/h3-12,18-19H,13H2,1-2H3,(H,25,26)/t18-,19+/m1/s1. The second-order valence-corrected chi connectivity index (χ2v) is 6.75. The molecular formula is C22H21N3O2. The second-order valence-electron chi connectivity index (χ2n) is 6.75. The van der Waals surface area contributed by atoms with Gasteiger partial charge < -0.3 is 10.1 Å². The van der Waals surface area contributed by atoms with Gasteiger partial charge in [0, 0.05) is 23.4 Å². The Hall–Kier alpha value is -3.21. The van der Waals surface area contributed by atoms with E-state index in [4.69, 9.17) is 4.74 Å². The molecule has 5 heteroatoms. The van der Waals surface area contributed by atoms with Crippen LogP contribution in [0.1, 0.15) is 23.7 Å². The lowest BCUT2D eigenvalue weighted by molar-refractivity contribution is -0.117. The molecule has 136 valence electrons. The van der Waals surface area contributed by atoms with Crippen molar-refractivity contribution < 1.29 is 9.53 Å². The van der Waals surface area contributed by atoms with Crippen LogP contribution >= 0.6 is 0 Å². The zero-order valence-corrected chi connectivity index (χ0v) is 15.3. The molecule has 4 rings (SSSR count). The largest absolute Gasteiger partial charge is 0.496 e. The fourth-order valence-corrected chi connectivity index (χ4v) is 3.41. The summed E-state index contributed by atoms with van der Waals surface area (Å²) in [7, 11) is 1.66. The maximum absolute atomic E-state index is 12.7. The molecule has 1 aliphatic rings. The van der Waals surface area contributed by atoms with E-state index >= 15 is 0 Å². The fourth-order valence-electron chi connectivity index (χ4n) is 3.41. The minimum absolute atomic E-state index is 0.0220. The van der Waals surface area contributed by atoms with Crippen LogP contribution < -0.4 is 10.1 Å². The monoisotopic (exact) mass is 359 g/mol. The van der Waals surface area contributed by atoms with E-state index in [9.17, 15) is 4.79 Å². The highest BCUT2D eigenvalue weighted by Crippen LogP contribution is 2.50. The molecule has 1 saturated carbocycles. The molecule has 0 radical (unpaired) electrons. The van der Waals surface area contributed by atoms with Crippen LogP contribution in [0, 0.1) is 12.8 Å². The van der Waals surface area contributed by atoms with Crippen molar-refractivity contribution in [1.82, 2.24) is 9.97 Å².